The van der Waals surface area contributed by atoms with Crippen molar-refractivity contribution in [1.82, 2.24) is 24.7 Å². The highest BCUT2D eigenvalue weighted by molar-refractivity contribution is 5.56. The fourth-order valence-electron chi connectivity index (χ4n) is 3.12. The van der Waals surface area contributed by atoms with Crippen LogP contribution >= 0.6 is 0 Å². The van der Waals surface area contributed by atoms with Gasteiger partial charge in [0.25, 0.3) is 5.56 Å². The third-order valence-electron chi connectivity index (χ3n) is 4.63. The van der Waals surface area contributed by atoms with Gasteiger partial charge in [0.2, 0.25) is 0 Å². The summed E-state index contributed by atoms with van der Waals surface area (Å²) in [6.45, 7) is 2.28. The molecule has 8 heteroatoms. The van der Waals surface area contributed by atoms with Crippen LogP contribution in [0, 0.1) is 5.92 Å². The Bertz CT molecular complexity index is 981. The number of rotatable bonds is 5. The van der Waals surface area contributed by atoms with E-state index in [0.29, 0.717) is 12.5 Å². The molecule has 0 atom stereocenters. The highest BCUT2D eigenvalue weighted by atomic mass is 16.1. The molecular formula is C19H21N7O. The van der Waals surface area contributed by atoms with E-state index in [2.05, 4.69) is 25.0 Å². The van der Waals surface area contributed by atoms with Crippen molar-refractivity contribution in [2.45, 2.75) is 6.54 Å². The lowest BCUT2D eigenvalue weighted by molar-refractivity contribution is 0.333. The monoisotopic (exact) mass is 363 g/mol. The molecule has 0 aromatic carbocycles. The van der Waals surface area contributed by atoms with Gasteiger partial charge in [-0.2, -0.15) is 5.10 Å². The summed E-state index contributed by atoms with van der Waals surface area (Å²) in [7, 11) is 3.91. The molecule has 1 fully saturated rings. The Balaban J connectivity index is 1.44. The molecule has 1 aliphatic rings. The Kier molecular flexibility index (Phi) is 4.53. The predicted molar refractivity (Wildman–Crippen MR) is 104 cm³/mol. The first-order chi connectivity index (χ1) is 13.1. The van der Waals surface area contributed by atoms with E-state index in [0.717, 1.165) is 36.0 Å². The molecule has 0 unspecified atom stereocenters. The van der Waals surface area contributed by atoms with E-state index in [1.165, 1.54) is 0 Å². The number of nitrogens with zero attached hydrogens (tertiary/aromatic N) is 7. The summed E-state index contributed by atoms with van der Waals surface area (Å²) in [5.41, 5.74) is 1.57. The molecule has 4 rings (SSSR count). The van der Waals surface area contributed by atoms with Crippen molar-refractivity contribution in [1.29, 1.82) is 0 Å². The van der Waals surface area contributed by atoms with Gasteiger partial charge in [-0.3, -0.25) is 9.78 Å². The molecule has 0 saturated carbocycles. The summed E-state index contributed by atoms with van der Waals surface area (Å²) >= 11 is 0. The Hall–Kier alpha value is -3.29. The van der Waals surface area contributed by atoms with Gasteiger partial charge < -0.3 is 9.80 Å². The van der Waals surface area contributed by atoms with Crippen LogP contribution in [-0.2, 0) is 6.54 Å². The molecule has 27 heavy (non-hydrogen) atoms. The highest BCUT2D eigenvalue weighted by Gasteiger charge is 2.29. The van der Waals surface area contributed by atoms with E-state index in [9.17, 15) is 4.79 Å². The van der Waals surface area contributed by atoms with E-state index in [1.54, 1.807) is 35.5 Å². The molecule has 0 radical (unpaired) electrons. The quantitative estimate of drug-likeness (QED) is 0.676. The molecule has 0 N–H and O–H groups in total. The first-order valence-electron chi connectivity index (χ1n) is 8.83. The molecule has 3 aromatic heterocycles. The average molecular weight is 363 g/mol. The van der Waals surface area contributed by atoms with Crippen LogP contribution in [0.25, 0.3) is 11.3 Å². The van der Waals surface area contributed by atoms with Crippen molar-refractivity contribution in [2.75, 3.05) is 37.0 Å². The third-order valence-corrected chi connectivity index (χ3v) is 4.63. The molecule has 0 spiro atoms. The zero-order valence-corrected chi connectivity index (χ0v) is 15.4. The lowest BCUT2D eigenvalue weighted by atomic mass is 10.0. The Morgan fingerprint density at radius 3 is 2.78 bits per heavy atom. The van der Waals surface area contributed by atoms with Crippen LogP contribution in [0.5, 0.6) is 0 Å². The lowest BCUT2D eigenvalue weighted by Gasteiger charge is -2.40. The van der Waals surface area contributed by atoms with Crippen molar-refractivity contribution in [3.05, 3.63) is 59.4 Å². The van der Waals surface area contributed by atoms with Crippen molar-refractivity contribution in [3.63, 3.8) is 0 Å². The molecule has 0 bridgehead atoms. The molecule has 1 aliphatic heterocycles. The number of aromatic nitrogens is 5. The van der Waals surface area contributed by atoms with E-state index in [1.807, 2.05) is 37.2 Å². The van der Waals surface area contributed by atoms with E-state index in [4.69, 9.17) is 0 Å². The van der Waals surface area contributed by atoms with Gasteiger partial charge in [0.05, 0.1) is 12.2 Å². The molecule has 8 nitrogen and oxygen atoms in total. The van der Waals surface area contributed by atoms with Gasteiger partial charge in [0, 0.05) is 63.2 Å². The number of hydrogen-bond acceptors (Lipinski definition) is 7. The summed E-state index contributed by atoms with van der Waals surface area (Å²) in [6.07, 6.45) is 5.05. The Morgan fingerprint density at radius 2 is 2.04 bits per heavy atom. The zero-order chi connectivity index (χ0) is 18.8. The SMILES string of the molecule is CN(C)c1cc(N2CC(Cn3nc(-c4cccnc4)ccc3=O)C2)ncn1. The van der Waals surface area contributed by atoms with Crippen molar-refractivity contribution in [3.8, 4) is 11.3 Å². The van der Waals surface area contributed by atoms with Crippen molar-refractivity contribution < 1.29 is 0 Å². The molecule has 4 heterocycles. The van der Waals surface area contributed by atoms with Gasteiger partial charge in [-0.25, -0.2) is 14.6 Å². The molecule has 3 aromatic rings. The maximum Gasteiger partial charge on any atom is 0.266 e. The summed E-state index contributed by atoms with van der Waals surface area (Å²) in [5.74, 6) is 2.15. The van der Waals surface area contributed by atoms with Crippen LogP contribution in [0.2, 0.25) is 0 Å². The second-order valence-corrected chi connectivity index (χ2v) is 6.88. The van der Waals surface area contributed by atoms with Gasteiger partial charge in [-0.1, -0.05) is 0 Å². The van der Waals surface area contributed by atoms with Crippen LogP contribution in [0.1, 0.15) is 0 Å². The first kappa shape index (κ1) is 17.1. The standard InChI is InChI=1S/C19H21N7O/c1-24(2)17-8-18(22-13-21-17)25-10-14(11-25)12-26-19(27)6-5-16(23-26)15-4-3-7-20-9-15/h3-9,13-14H,10-12H2,1-2H3. The van der Waals surface area contributed by atoms with Crippen LogP contribution in [-0.4, -0.2) is 51.9 Å². The molecule has 1 saturated heterocycles. The minimum absolute atomic E-state index is 0.0852. The normalized spacial score (nSPS) is 14.1. The van der Waals surface area contributed by atoms with Gasteiger partial charge in [-0.05, 0) is 18.2 Å². The fraction of sp³-hybridized carbons (Fsp3) is 0.316. The largest absolute Gasteiger partial charge is 0.363 e. The average Bonchev–Trinajstić information content (AvgIpc) is 2.66. The molecule has 0 amide bonds. The summed E-state index contributed by atoms with van der Waals surface area (Å²) in [5, 5.41) is 4.51. The summed E-state index contributed by atoms with van der Waals surface area (Å²) < 4.78 is 1.55. The minimum atomic E-state index is -0.0852. The lowest BCUT2D eigenvalue weighted by Crippen LogP contribution is -2.50. The number of hydrogen-bond donors (Lipinski definition) is 0. The second-order valence-electron chi connectivity index (χ2n) is 6.88. The second kappa shape index (κ2) is 7.14. The van der Waals surface area contributed by atoms with Crippen LogP contribution in [0.4, 0.5) is 11.6 Å². The topological polar surface area (TPSA) is 80.0 Å². The van der Waals surface area contributed by atoms with Gasteiger partial charge >= 0.3 is 0 Å². The molecule has 0 aliphatic carbocycles. The molecular weight excluding hydrogens is 342 g/mol. The highest BCUT2D eigenvalue weighted by Crippen LogP contribution is 2.25. The predicted octanol–water partition coefficient (Wildman–Crippen LogP) is 1.30. The van der Waals surface area contributed by atoms with E-state index < -0.39 is 0 Å². The van der Waals surface area contributed by atoms with E-state index in [-0.39, 0.29) is 5.56 Å². The smallest absolute Gasteiger partial charge is 0.266 e. The third kappa shape index (κ3) is 3.64. The number of anilines is 2. The first-order valence-corrected chi connectivity index (χ1v) is 8.83. The van der Waals surface area contributed by atoms with Crippen LogP contribution in [0.15, 0.2) is 53.8 Å². The van der Waals surface area contributed by atoms with Crippen LogP contribution in [0.3, 0.4) is 0 Å². The Morgan fingerprint density at radius 1 is 1.19 bits per heavy atom. The number of pyridine rings is 1. The summed E-state index contributed by atoms with van der Waals surface area (Å²) in [4.78, 5) is 29.1. The van der Waals surface area contributed by atoms with Gasteiger partial charge in [-0.15, -0.1) is 0 Å². The van der Waals surface area contributed by atoms with Crippen molar-refractivity contribution in [2.24, 2.45) is 5.92 Å². The Labute approximate surface area is 157 Å². The van der Waals surface area contributed by atoms with Gasteiger partial charge in [0.1, 0.15) is 18.0 Å². The minimum Gasteiger partial charge on any atom is -0.363 e. The van der Waals surface area contributed by atoms with E-state index >= 15 is 0 Å². The molecule has 138 valence electrons. The maximum atomic E-state index is 12.2. The van der Waals surface area contributed by atoms with Crippen molar-refractivity contribution >= 4 is 11.6 Å². The zero-order valence-electron chi connectivity index (χ0n) is 15.4. The van der Waals surface area contributed by atoms with Crippen LogP contribution < -0.4 is 15.4 Å². The van der Waals surface area contributed by atoms with Gasteiger partial charge in [0.15, 0.2) is 0 Å². The fourth-order valence-corrected chi connectivity index (χ4v) is 3.12. The maximum absolute atomic E-state index is 12.2. The summed E-state index contributed by atoms with van der Waals surface area (Å²) in [6, 6.07) is 9.09.